The molecule has 2 N–H and O–H groups in total. The lowest BCUT2D eigenvalue weighted by Crippen LogP contribution is -2.24. The summed E-state index contributed by atoms with van der Waals surface area (Å²) in [6.45, 7) is 2.11. The molecule has 0 atom stereocenters. The van der Waals surface area contributed by atoms with Gasteiger partial charge in [0.15, 0.2) is 0 Å². The number of hydrogen-bond donors (Lipinski definition) is 2. The van der Waals surface area contributed by atoms with Crippen LogP contribution in [0.2, 0.25) is 0 Å². The zero-order chi connectivity index (χ0) is 17.8. The minimum absolute atomic E-state index is 0.0839. The summed E-state index contributed by atoms with van der Waals surface area (Å²) in [5.74, 6) is -0.361. The van der Waals surface area contributed by atoms with Gasteiger partial charge in [0.25, 0.3) is 5.91 Å². The molecule has 1 aliphatic rings. The standard InChI is InChI=1S/C19H19N3O3/c1-13(23)20-15-6-3-7-16(12-15)21-19(25)14-5-2-8-17(11-14)22-10-4-9-18(22)24/h2-3,5-8,11-12H,4,9-10H2,1H3,(H,20,23)(H,21,25). The van der Waals surface area contributed by atoms with Gasteiger partial charge in [-0.15, -0.1) is 0 Å². The van der Waals surface area contributed by atoms with Gasteiger partial charge in [0.2, 0.25) is 11.8 Å². The number of carbonyl (C=O) groups excluding carboxylic acids is 3. The average molecular weight is 337 g/mol. The molecule has 1 fully saturated rings. The molecule has 1 saturated heterocycles. The molecular formula is C19H19N3O3. The van der Waals surface area contributed by atoms with Gasteiger partial charge in [-0.3, -0.25) is 14.4 Å². The third kappa shape index (κ3) is 4.03. The van der Waals surface area contributed by atoms with Crippen molar-refractivity contribution in [2.24, 2.45) is 0 Å². The lowest BCUT2D eigenvalue weighted by atomic mass is 10.1. The summed E-state index contributed by atoms with van der Waals surface area (Å²) >= 11 is 0. The predicted octanol–water partition coefficient (Wildman–Crippen LogP) is 3.02. The molecule has 6 nitrogen and oxygen atoms in total. The normalized spacial score (nSPS) is 13.6. The minimum atomic E-state index is -0.270. The Balaban J connectivity index is 1.75. The Morgan fingerprint density at radius 2 is 1.72 bits per heavy atom. The SMILES string of the molecule is CC(=O)Nc1cccc(NC(=O)c2cccc(N3CCCC3=O)c2)c1. The monoisotopic (exact) mass is 337 g/mol. The Kier molecular flexibility index (Phi) is 4.79. The van der Waals surface area contributed by atoms with E-state index in [-0.39, 0.29) is 17.7 Å². The van der Waals surface area contributed by atoms with E-state index in [9.17, 15) is 14.4 Å². The first-order valence-corrected chi connectivity index (χ1v) is 8.12. The van der Waals surface area contributed by atoms with Gasteiger partial charge < -0.3 is 15.5 Å². The Hall–Kier alpha value is -3.15. The Labute approximate surface area is 145 Å². The molecular weight excluding hydrogens is 318 g/mol. The Morgan fingerprint density at radius 1 is 1.00 bits per heavy atom. The molecule has 6 heteroatoms. The van der Waals surface area contributed by atoms with Crippen molar-refractivity contribution < 1.29 is 14.4 Å². The maximum absolute atomic E-state index is 12.5. The fraction of sp³-hybridized carbons (Fsp3) is 0.211. The molecule has 3 rings (SSSR count). The van der Waals surface area contributed by atoms with E-state index < -0.39 is 0 Å². The molecule has 25 heavy (non-hydrogen) atoms. The van der Waals surface area contributed by atoms with Gasteiger partial charge in [-0.05, 0) is 42.8 Å². The topological polar surface area (TPSA) is 78.5 Å². The first-order valence-electron chi connectivity index (χ1n) is 8.12. The molecule has 2 aromatic rings. The number of benzene rings is 2. The van der Waals surface area contributed by atoms with Crippen LogP contribution in [0, 0.1) is 0 Å². The third-order valence-electron chi connectivity index (χ3n) is 3.93. The number of nitrogens with one attached hydrogen (secondary N) is 2. The van der Waals surface area contributed by atoms with E-state index in [1.54, 1.807) is 47.4 Å². The molecule has 0 aromatic heterocycles. The second kappa shape index (κ2) is 7.17. The third-order valence-corrected chi connectivity index (χ3v) is 3.93. The van der Waals surface area contributed by atoms with Gasteiger partial charge in [-0.2, -0.15) is 0 Å². The highest BCUT2D eigenvalue weighted by Crippen LogP contribution is 2.23. The summed E-state index contributed by atoms with van der Waals surface area (Å²) in [5, 5.41) is 5.48. The van der Waals surface area contributed by atoms with Crippen molar-refractivity contribution in [2.75, 3.05) is 22.1 Å². The predicted molar refractivity (Wildman–Crippen MR) is 96.7 cm³/mol. The summed E-state index contributed by atoms with van der Waals surface area (Å²) in [5.41, 5.74) is 2.41. The highest BCUT2D eigenvalue weighted by Gasteiger charge is 2.22. The average Bonchev–Trinajstić information content (AvgIpc) is 3.01. The molecule has 0 radical (unpaired) electrons. The number of amides is 3. The first-order chi connectivity index (χ1) is 12.0. The molecule has 0 bridgehead atoms. The first kappa shape index (κ1) is 16.7. The van der Waals surface area contributed by atoms with Crippen LogP contribution in [-0.2, 0) is 9.59 Å². The lowest BCUT2D eigenvalue weighted by molar-refractivity contribution is -0.117. The van der Waals surface area contributed by atoms with Gasteiger partial charge in [0.1, 0.15) is 0 Å². The molecule has 0 unspecified atom stereocenters. The van der Waals surface area contributed by atoms with Crippen LogP contribution in [0.15, 0.2) is 48.5 Å². The summed E-state index contributed by atoms with van der Waals surface area (Å²) in [6.07, 6.45) is 1.39. The van der Waals surface area contributed by atoms with E-state index in [4.69, 9.17) is 0 Å². The summed E-state index contributed by atoms with van der Waals surface area (Å²) < 4.78 is 0. The second-order valence-corrected chi connectivity index (χ2v) is 5.92. The van der Waals surface area contributed by atoms with Gasteiger partial charge in [0, 0.05) is 42.5 Å². The van der Waals surface area contributed by atoms with E-state index in [1.807, 2.05) is 6.07 Å². The zero-order valence-corrected chi connectivity index (χ0v) is 13.9. The molecule has 1 heterocycles. The van der Waals surface area contributed by atoms with Crippen molar-refractivity contribution in [2.45, 2.75) is 19.8 Å². The van der Waals surface area contributed by atoms with E-state index in [1.165, 1.54) is 6.92 Å². The molecule has 128 valence electrons. The molecule has 2 aromatic carbocycles. The van der Waals surface area contributed by atoms with Crippen molar-refractivity contribution in [3.05, 3.63) is 54.1 Å². The van der Waals surface area contributed by atoms with E-state index in [2.05, 4.69) is 10.6 Å². The van der Waals surface area contributed by atoms with Crippen LogP contribution < -0.4 is 15.5 Å². The largest absolute Gasteiger partial charge is 0.326 e. The van der Waals surface area contributed by atoms with Gasteiger partial charge >= 0.3 is 0 Å². The van der Waals surface area contributed by atoms with Crippen LogP contribution in [-0.4, -0.2) is 24.3 Å². The van der Waals surface area contributed by atoms with Gasteiger partial charge in [-0.1, -0.05) is 12.1 Å². The Morgan fingerprint density at radius 3 is 2.40 bits per heavy atom. The number of hydrogen-bond acceptors (Lipinski definition) is 3. The van der Waals surface area contributed by atoms with Crippen molar-refractivity contribution in [3.8, 4) is 0 Å². The van der Waals surface area contributed by atoms with Gasteiger partial charge in [0.05, 0.1) is 0 Å². The summed E-state index contributed by atoms with van der Waals surface area (Å²) in [6, 6.07) is 14.0. The van der Waals surface area contributed by atoms with Crippen LogP contribution in [0.5, 0.6) is 0 Å². The highest BCUT2D eigenvalue weighted by molar-refractivity contribution is 6.06. The minimum Gasteiger partial charge on any atom is -0.326 e. The maximum atomic E-state index is 12.5. The summed E-state index contributed by atoms with van der Waals surface area (Å²) in [4.78, 5) is 37.2. The van der Waals surface area contributed by atoms with Crippen LogP contribution in [0.3, 0.4) is 0 Å². The van der Waals surface area contributed by atoms with Crippen molar-refractivity contribution in [1.29, 1.82) is 0 Å². The summed E-state index contributed by atoms with van der Waals surface area (Å²) in [7, 11) is 0. The fourth-order valence-electron chi connectivity index (χ4n) is 2.82. The quantitative estimate of drug-likeness (QED) is 0.900. The van der Waals surface area contributed by atoms with Crippen LogP contribution in [0.1, 0.15) is 30.1 Å². The van der Waals surface area contributed by atoms with Crippen LogP contribution in [0.4, 0.5) is 17.1 Å². The number of rotatable bonds is 4. The smallest absolute Gasteiger partial charge is 0.255 e. The Bertz CT molecular complexity index is 832. The molecule has 0 saturated carbocycles. The van der Waals surface area contributed by atoms with Crippen molar-refractivity contribution in [1.82, 2.24) is 0 Å². The van der Waals surface area contributed by atoms with E-state index in [0.29, 0.717) is 29.9 Å². The van der Waals surface area contributed by atoms with Crippen LogP contribution >= 0.6 is 0 Å². The maximum Gasteiger partial charge on any atom is 0.255 e. The lowest BCUT2D eigenvalue weighted by Gasteiger charge is -2.16. The van der Waals surface area contributed by atoms with Crippen molar-refractivity contribution >= 4 is 34.8 Å². The molecule has 0 aliphatic carbocycles. The number of anilines is 3. The highest BCUT2D eigenvalue weighted by atomic mass is 16.2. The fourth-order valence-corrected chi connectivity index (χ4v) is 2.82. The molecule has 3 amide bonds. The number of carbonyl (C=O) groups is 3. The van der Waals surface area contributed by atoms with Gasteiger partial charge in [-0.25, -0.2) is 0 Å². The number of nitrogens with zero attached hydrogens (tertiary/aromatic N) is 1. The molecule has 1 aliphatic heterocycles. The van der Waals surface area contributed by atoms with Crippen LogP contribution in [0.25, 0.3) is 0 Å². The zero-order valence-electron chi connectivity index (χ0n) is 13.9. The van der Waals surface area contributed by atoms with E-state index in [0.717, 1.165) is 12.1 Å². The van der Waals surface area contributed by atoms with E-state index >= 15 is 0 Å². The second-order valence-electron chi connectivity index (χ2n) is 5.92. The van der Waals surface area contributed by atoms with Crippen molar-refractivity contribution in [3.63, 3.8) is 0 Å². The molecule has 0 spiro atoms.